The smallest absolute Gasteiger partial charge is 0.473 e. The molecule has 0 aliphatic rings. The molecule has 237 valence electrons. The Kier molecular flexibility index (Phi) is 12.6. The fraction of sp³-hybridized carbons (Fsp3) is 0.321. The third kappa shape index (κ3) is 10.7. The molecular formula is C28H33B2F3N7O5. The van der Waals surface area contributed by atoms with Crippen LogP contribution in [0.4, 0.5) is 13.2 Å². The fourth-order valence-corrected chi connectivity index (χ4v) is 4.13. The highest BCUT2D eigenvalue weighted by Crippen LogP contribution is 2.17. The standard InChI is InChI=1S/C28H33B2F3N7O5/c1-19-17-39(13-3-15-44-22-9-5-20(6-10-22)24(34)37-29-18-41)27(36-26(42)28(31,32)33)40(19)14-4-16-45-23-11-7-21(8-12-23)25(35)38-30(2)43/h5-12,17-18,43H,3-4,13-16H2,1-2H3,(H2,34,37)(H2,35,38). The van der Waals surface area contributed by atoms with Crippen molar-refractivity contribution >= 4 is 38.2 Å². The molecule has 5 N–H and O–H groups in total. The van der Waals surface area contributed by atoms with Gasteiger partial charge >= 0.3 is 26.5 Å². The zero-order valence-corrected chi connectivity index (χ0v) is 24.8. The lowest BCUT2D eigenvalue weighted by molar-refractivity contribution is -0.169. The van der Waals surface area contributed by atoms with Crippen molar-refractivity contribution in [3.8, 4) is 11.5 Å². The molecular weight excluding hydrogens is 593 g/mol. The summed E-state index contributed by atoms with van der Waals surface area (Å²) >= 11 is 0. The molecule has 1 amide bonds. The molecule has 1 heterocycles. The number of nitrogens with two attached hydrogens (primary N) is 2. The van der Waals surface area contributed by atoms with Gasteiger partial charge in [-0.1, -0.05) is 0 Å². The average Bonchev–Trinajstić information content (AvgIpc) is 3.29. The quantitative estimate of drug-likeness (QED) is 0.0760. The number of carbonyl (C=O) groups is 2. The second-order valence-corrected chi connectivity index (χ2v) is 9.73. The van der Waals surface area contributed by atoms with Gasteiger partial charge in [0.1, 0.15) is 29.4 Å². The summed E-state index contributed by atoms with van der Waals surface area (Å²) in [6, 6.07) is 13.5. The maximum Gasteiger partial charge on any atom is 0.473 e. The lowest BCUT2D eigenvalue weighted by atomic mass is 9.90. The highest BCUT2D eigenvalue weighted by atomic mass is 19.4. The van der Waals surface area contributed by atoms with E-state index in [0.717, 1.165) is 7.41 Å². The van der Waals surface area contributed by atoms with Crippen molar-refractivity contribution in [1.29, 1.82) is 0 Å². The molecule has 0 saturated heterocycles. The summed E-state index contributed by atoms with van der Waals surface area (Å²) in [4.78, 5) is 33.3. The molecule has 0 spiro atoms. The van der Waals surface area contributed by atoms with E-state index in [-0.39, 0.29) is 43.6 Å². The number of rotatable bonds is 15. The number of amidine groups is 2. The van der Waals surface area contributed by atoms with Crippen LogP contribution in [0.25, 0.3) is 0 Å². The molecule has 0 fully saturated rings. The van der Waals surface area contributed by atoms with Crippen LogP contribution in [0, 0.1) is 6.92 Å². The summed E-state index contributed by atoms with van der Waals surface area (Å²) < 4.78 is 53.8. The zero-order chi connectivity index (χ0) is 33.0. The number of amides is 1. The van der Waals surface area contributed by atoms with Gasteiger partial charge in [0.2, 0.25) is 5.62 Å². The Morgan fingerprint density at radius 2 is 1.51 bits per heavy atom. The summed E-state index contributed by atoms with van der Waals surface area (Å²) in [6.45, 7) is 4.15. The van der Waals surface area contributed by atoms with Gasteiger partial charge in [-0.3, -0.25) is 9.70 Å². The number of carbonyl (C=O) groups excluding carboxylic acids is 2. The van der Waals surface area contributed by atoms with Crippen LogP contribution in [0.5, 0.6) is 11.5 Å². The van der Waals surface area contributed by atoms with Crippen LogP contribution in [-0.2, 0) is 22.7 Å². The summed E-state index contributed by atoms with van der Waals surface area (Å²) in [7, 11) is 0.109. The number of benzene rings is 2. The molecule has 1 radical (unpaired) electrons. The molecule has 45 heavy (non-hydrogen) atoms. The summed E-state index contributed by atoms with van der Waals surface area (Å²) in [6.07, 6.45) is -2.15. The van der Waals surface area contributed by atoms with Crippen LogP contribution in [0.2, 0.25) is 6.82 Å². The molecule has 0 bridgehead atoms. The van der Waals surface area contributed by atoms with Gasteiger partial charge in [-0.2, -0.15) is 18.2 Å². The first kappa shape index (κ1) is 34.7. The van der Waals surface area contributed by atoms with Crippen molar-refractivity contribution in [3.05, 3.63) is 77.2 Å². The first-order valence-corrected chi connectivity index (χ1v) is 13.9. The molecule has 2 aromatic carbocycles. The van der Waals surface area contributed by atoms with Crippen molar-refractivity contribution in [2.75, 3.05) is 13.2 Å². The molecule has 12 nitrogen and oxygen atoms in total. The topological polar surface area (TPSA) is 172 Å². The van der Waals surface area contributed by atoms with Crippen LogP contribution >= 0.6 is 0 Å². The summed E-state index contributed by atoms with van der Waals surface area (Å²) in [5, 5.41) is 9.35. The third-order valence-corrected chi connectivity index (χ3v) is 6.22. The Labute approximate surface area is 258 Å². The highest BCUT2D eigenvalue weighted by Gasteiger charge is 2.38. The maximum absolute atomic E-state index is 13.1. The minimum atomic E-state index is -5.12. The van der Waals surface area contributed by atoms with Gasteiger partial charge in [-0.25, -0.2) is 0 Å². The number of aryl methyl sites for hydroxylation is 2. The predicted molar refractivity (Wildman–Crippen MR) is 165 cm³/mol. The van der Waals surface area contributed by atoms with Crippen LogP contribution in [0.1, 0.15) is 29.7 Å². The van der Waals surface area contributed by atoms with Gasteiger partial charge < -0.3 is 44.8 Å². The fourth-order valence-electron chi connectivity index (χ4n) is 4.13. The zero-order valence-electron chi connectivity index (χ0n) is 24.8. The average molecular weight is 626 g/mol. The van der Waals surface area contributed by atoms with Gasteiger partial charge in [0.05, 0.1) is 13.2 Å². The number of hydrogen-bond donors (Lipinski definition) is 3. The number of halogens is 3. The monoisotopic (exact) mass is 626 g/mol. The molecule has 17 heteroatoms. The Balaban J connectivity index is 1.63. The van der Waals surface area contributed by atoms with Gasteiger partial charge in [-0.15, -0.1) is 0 Å². The van der Waals surface area contributed by atoms with Gasteiger partial charge in [0.15, 0.2) is 0 Å². The Morgan fingerprint density at radius 3 is 2.02 bits per heavy atom. The van der Waals surface area contributed by atoms with Crippen LogP contribution in [0.15, 0.2) is 69.5 Å². The van der Waals surface area contributed by atoms with Crippen molar-refractivity contribution in [3.63, 3.8) is 0 Å². The van der Waals surface area contributed by atoms with E-state index in [2.05, 4.69) is 14.8 Å². The maximum atomic E-state index is 13.1. The number of aromatic nitrogens is 2. The van der Waals surface area contributed by atoms with E-state index in [1.54, 1.807) is 61.7 Å². The number of alkyl halides is 3. The van der Waals surface area contributed by atoms with E-state index in [4.69, 9.17) is 20.9 Å². The van der Waals surface area contributed by atoms with E-state index in [1.807, 2.05) is 0 Å². The Hall–Kier alpha value is -4.79. The van der Waals surface area contributed by atoms with E-state index >= 15 is 0 Å². The molecule has 3 rings (SSSR count). The third-order valence-electron chi connectivity index (χ3n) is 6.22. The predicted octanol–water partition coefficient (Wildman–Crippen LogP) is 1.86. The molecule has 0 aliphatic heterocycles. The lowest BCUT2D eigenvalue weighted by Gasteiger charge is -2.10. The number of imidazole rings is 1. The van der Waals surface area contributed by atoms with Crippen molar-refractivity contribution in [2.24, 2.45) is 26.3 Å². The number of nitrogens with zero attached hydrogens (tertiary/aromatic N) is 5. The van der Waals surface area contributed by atoms with Crippen molar-refractivity contribution in [2.45, 2.75) is 45.9 Å². The molecule has 0 aliphatic carbocycles. The van der Waals surface area contributed by atoms with E-state index in [1.165, 1.54) is 16.0 Å². The van der Waals surface area contributed by atoms with Crippen LogP contribution < -0.4 is 26.6 Å². The van der Waals surface area contributed by atoms with E-state index in [9.17, 15) is 27.8 Å². The summed E-state index contributed by atoms with van der Waals surface area (Å²) in [5.74, 6) is -0.770. The minimum absolute atomic E-state index is 0.127. The van der Waals surface area contributed by atoms with Gasteiger partial charge in [0, 0.05) is 36.1 Å². The number of hydrogen-bond acceptors (Lipinski definition) is 7. The minimum Gasteiger partial charge on any atom is -0.494 e. The molecule has 0 atom stereocenters. The van der Waals surface area contributed by atoms with E-state index in [0.29, 0.717) is 47.3 Å². The van der Waals surface area contributed by atoms with Crippen molar-refractivity contribution in [1.82, 2.24) is 9.13 Å². The highest BCUT2D eigenvalue weighted by molar-refractivity contribution is 6.66. The second-order valence-electron chi connectivity index (χ2n) is 9.73. The van der Waals surface area contributed by atoms with Crippen molar-refractivity contribution < 1.29 is 37.3 Å². The first-order valence-electron chi connectivity index (χ1n) is 13.9. The lowest BCUT2D eigenvalue weighted by Crippen LogP contribution is -2.32. The molecule has 1 aromatic heterocycles. The second kappa shape index (κ2) is 16.3. The SMILES string of the molecule is CB(O)N=C(N)c1ccc(OCCCn2c(C)cn(CCCOc3ccc(C(N)=N[B]C=O)cc3)c2=NC(=O)C(F)(F)F)cc1. The first-order chi connectivity index (χ1) is 21.4. The molecule has 0 saturated carbocycles. The van der Waals surface area contributed by atoms with Crippen LogP contribution in [0.3, 0.4) is 0 Å². The largest absolute Gasteiger partial charge is 0.494 e. The number of ether oxygens (including phenoxy) is 2. The normalized spacial score (nSPS) is 12.6. The van der Waals surface area contributed by atoms with Crippen LogP contribution in [-0.4, -0.2) is 71.8 Å². The molecule has 0 unspecified atom stereocenters. The molecule has 3 aromatic rings. The van der Waals surface area contributed by atoms with Gasteiger partial charge in [0.25, 0.3) is 0 Å². The van der Waals surface area contributed by atoms with Gasteiger partial charge in [-0.05, 0) is 75.1 Å². The van der Waals surface area contributed by atoms with E-state index < -0.39 is 19.1 Å². The Bertz CT molecular complexity index is 1570. The summed E-state index contributed by atoms with van der Waals surface area (Å²) in [5.41, 5.74) is 13.3. The Morgan fingerprint density at radius 1 is 0.978 bits per heavy atom.